The molecule has 0 aliphatic heterocycles. The number of ketones is 1. The van der Waals surface area contributed by atoms with Crippen LogP contribution in [0.4, 0.5) is 0 Å². The molecule has 1 aromatic heterocycles. The summed E-state index contributed by atoms with van der Waals surface area (Å²) >= 11 is 0. The minimum atomic E-state index is -0.439. The lowest BCUT2D eigenvalue weighted by atomic mass is 9.87. The first-order chi connectivity index (χ1) is 10.0. The maximum Gasteiger partial charge on any atom is 0.338 e. The fraction of sp³-hybridized carbons (Fsp3) is 0.412. The average Bonchev–Trinajstić information content (AvgIpc) is 2.81. The Bertz CT molecular complexity index is 714. The largest absolute Gasteiger partial charge is 0.454 e. The highest BCUT2D eigenvalue weighted by Crippen LogP contribution is 2.32. The summed E-state index contributed by atoms with van der Waals surface area (Å²) in [5.41, 5.74) is 4.18. The molecule has 4 nitrogen and oxygen atoms in total. The first kappa shape index (κ1) is 13.9. The fourth-order valence-electron chi connectivity index (χ4n) is 2.97. The highest BCUT2D eigenvalue weighted by Gasteiger charge is 2.20. The topological polar surface area (TPSA) is 59.2 Å². The van der Waals surface area contributed by atoms with Crippen molar-refractivity contribution in [2.24, 2.45) is 5.92 Å². The van der Waals surface area contributed by atoms with Crippen LogP contribution in [0.25, 0.3) is 10.9 Å². The molecule has 0 unspecified atom stereocenters. The van der Waals surface area contributed by atoms with E-state index >= 15 is 0 Å². The van der Waals surface area contributed by atoms with Crippen LogP contribution in [0.15, 0.2) is 18.2 Å². The summed E-state index contributed by atoms with van der Waals surface area (Å²) in [6.45, 7) is 3.49. The number of esters is 1. The molecule has 0 spiro atoms. The van der Waals surface area contributed by atoms with Crippen LogP contribution in [-0.2, 0) is 22.4 Å². The average molecular weight is 285 g/mol. The Labute approximate surface area is 123 Å². The van der Waals surface area contributed by atoms with Crippen molar-refractivity contribution in [2.45, 2.75) is 33.1 Å². The van der Waals surface area contributed by atoms with Gasteiger partial charge < -0.3 is 9.72 Å². The molecular formula is C17H19NO3. The number of hydrogen-bond acceptors (Lipinski definition) is 3. The van der Waals surface area contributed by atoms with Crippen LogP contribution in [0.1, 0.15) is 41.9 Å². The molecule has 21 heavy (non-hydrogen) atoms. The molecule has 2 aromatic rings. The number of rotatable bonds is 3. The van der Waals surface area contributed by atoms with Gasteiger partial charge in [-0.05, 0) is 55.9 Å². The van der Waals surface area contributed by atoms with E-state index < -0.39 is 5.97 Å². The van der Waals surface area contributed by atoms with Crippen molar-refractivity contribution in [3.8, 4) is 0 Å². The standard InChI is InChI=1S/C17H19NO3/c1-10-3-5-15-13(7-10)14-8-12(4-6-16(14)18-15)17(20)21-9-11(2)19/h4,6,8,10,18H,3,5,7,9H2,1-2H3/t10-/m0/s1. The second-order valence-corrected chi connectivity index (χ2v) is 5.97. The Morgan fingerprint density at radius 2 is 2.19 bits per heavy atom. The van der Waals surface area contributed by atoms with Crippen LogP contribution in [0, 0.1) is 5.92 Å². The number of aromatic amines is 1. The highest BCUT2D eigenvalue weighted by atomic mass is 16.5. The van der Waals surface area contributed by atoms with E-state index in [1.54, 1.807) is 6.07 Å². The van der Waals surface area contributed by atoms with E-state index in [4.69, 9.17) is 4.74 Å². The zero-order valence-corrected chi connectivity index (χ0v) is 12.4. The SMILES string of the molecule is CC(=O)COC(=O)c1ccc2[nH]c3c(c2c1)C[C@@H](C)CC3. The molecule has 0 saturated carbocycles. The van der Waals surface area contributed by atoms with E-state index in [0.29, 0.717) is 11.5 Å². The van der Waals surface area contributed by atoms with E-state index in [1.165, 1.54) is 24.6 Å². The summed E-state index contributed by atoms with van der Waals surface area (Å²) in [6.07, 6.45) is 3.31. The van der Waals surface area contributed by atoms with Gasteiger partial charge in [0.1, 0.15) is 6.61 Å². The van der Waals surface area contributed by atoms with Gasteiger partial charge >= 0.3 is 5.97 Å². The molecule has 0 radical (unpaired) electrons. The summed E-state index contributed by atoms with van der Waals surface area (Å²) in [6, 6.07) is 5.55. The van der Waals surface area contributed by atoms with Gasteiger partial charge in [0.05, 0.1) is 5.56 Å². The number of Topliss-reactive ketones (excluding diaryl/α,β-unsaturated/α-hetero) is 1. The minimum absolute atomic E-state index is 0.155. The van der Waals surface area contributed by atoms with E-state index in [0.717, 1.165) is 23.7 Å². The first-order valence-corrected chi connectivity index (χ1v) is 7.34. The van der Waals surface area contributed by atoms with Gasteiger partial charge in [0.25, 0.3) is 0 Å². The van der Waals surface area contributed by atoms with E-state index in [9.17, 15) is 9.59 Å². The van der Waals surface area contributed by atoms with Crippen LogP contribution < -0.4 is 0 Å². The van der Waals surface area contributed by atoms with Crippen LogP contribution >= 0.6 is 0 Å². The zero-order chi connectivity index (χ0) is 15.0. The number of aryl methyl sites for hydroxylation is 1. The van der Waals surface area contributed by atoms with Crippen LogP contribution in [0.3, 0.4) is 0 Å². The summed E-state index contributed by atoms with van der Waals surface area (Å²) in [7, 11) is 0. The van der Waals surface area contributed by atoms with Crippen molar-refractivity contribution in [3.05, 3.63) is 35.0 Å². The summed E-state index contributed by atoms with van der Waals surface area (Å²) < 4.78 is 4.98. The maximum atomic E-state index is 12.0. The Morgan fingerprint density at radius 3 is 2.95 bits per heavy atom. The molecule has 110 valence electrons. The Kier molecular flexibility index (Phi) is 3.53. The van der Waals surface area contributed by atoms with Crippen molar-refractivity contribution in [2.75, 3.05) is 6.61 Å². The van der Waals surface area contributed by atoms with Crippen LogP contribution in [0.5, 0.6) is 0 Å². The predicted molar refractivity (Wildman–Crippen MR) is 80.5 cm³/mol. The Hall–Kier alpha value is -2.10. The number of benzene rings is 1. The molecule has 0 saturated heterocycles. The molecule has 1 aliphatic rings. The quantitative estimate of drug-likeness (QED) is 0.882. The third-order valence-corrected chi connectivity index (χ3v) is 4.08. The fourth-order valence-corrected chi connectivity index (χ4v) is 2.97. The van der Waals surface area contributed by atoms with Gasteiger partial charge in [-0.25, -0.2) is 4.79 Å². The van der Waals surface area contributed by atoms with E-state index in [1.807, 2.05) is 12.1 Å². The molecule has 1 aromatic carbocycles. The zero-order valence-electron chi connectivity index (χ0n) is 12.4. The molecule has 4 heteroatoms. The van der Waals surface area contributed by atoms with Gasteiger partial charge in [-0.15, -0.1) is 0 Å². The van der Waals surface area contributed by atoms with Crippen LogP contribution in [0.2, 0.25) is 0 Å². The molecule has 0 amide bonds. The molecule has 0 fully saturated rings. The van der Waals surface area contributed by atoms with Crippen LogP contribution in [-0.4, -0.2) is 23.3 Å². The van der Waals surface area contributed by atoms with Crippen molar-refractivity contribution in [3.63, 3.8) is 0 Å². The first-order valence-electron chi connectivity index (χ1n) is 7.34. The minimum Gasteiger partial charge on any atom is -0.454 e. The second kappa shape index (κ2) is 5.35. The van der Waals surface area contributed by atoms with Gasteiger partial charge in [-0.3, -0.25) is 4.79 Å². The third-order valence-electron chi connectivity index (χ3n) is 4.08. The van der Waals surface area contributed by atoms with E-state index in [-0.39, 0.29) is 12.4 Å². The number of aromatic nitrogens is 1. The van der Waals surface area contributed by atoms with Gasteiger partial charge in [0.15, 0.2) is 5.78 Å². The number of fused-ring (bicyclic) bond motifs is 3. The molecule has 1 atom stereocenters. The highest BCUT2D eigenvalue weighted by molar-refractivity contribution is 5.97. The summed E-state index contributed by atoms with van der Waals surface area (Å²) in [5, 5.41) is 1.11. The number of carbonyl (C=O) groups excluding carboxylic acids is 2. The van der Waals surface area contributed by atoms with E-state index in [2.05, 4.69) is 11.9 Å². The summed E-state index contributed by atoms with van der Waals surface area (Å²) in [5.74, 6) is 0.0769. The monoisotopic (exact) mass is 285 g/mol. The lowest BCUT2D eigenvalue weighted by molar-refractivity contribution is -0.120. The lowest BCUT2D eigenvalue weighted by Gasteiger charge is -2.18. The summed E-state index contributed by atoms with van der Waals surface area (Å²) in [4.78, 5) is 26.3. The predicted octanol–water partition coefficient (Wildman–Crippen LogP) is 3.04. The second-order valence-electron chi connectivity index (χ2n) is 5.97. The Morgan fingerprint density at radius 1 is 1.38 bits per heavy atom. The van der Waals surface area contributed by atoms with Crippen molar-refractivity contribution in [1.82, 2.24) is 4.98 Å². The van der Waals surface area contributed by atoms with Gasteiger partial charge in [0, 0.05) is 16.6 Å². The number of carbonyl (C=O) groups is 2. The molecule has 0 bridgehead atoms. The molecule has 1 N–H and O–H groups in total. The van der Waals surface area contributed by atoms with Gasteiger partial charge in [-0.1, -0.05) is 6.92 Å². The Balaban J connectivity index is 1.94. The normalized spacial score (nSPS) is 17.5. The van der Waals surface area contributed by atoms with Crippen molar-refractivity contribution >= 4 is 22.7 Å². The smallest absolute Gasteiger partial charge is 0.338 e. The number of H-pyrrole nitrogens is 1. The molecule has 1 heterocycles. The number of hydrogen-bond donors (Lipinski definition) is 1. The maximum absolute atomic E-state index is 12.0. The third kappa shape index (κ3) is 2.71. The van der Waals surface area contributed by atoms with Gasteiger partial charge in [-0.2, -0.15) is 0 Å². The number of ether oxygens (including phenoxy) is 1. The van der Waals surface area contributed by atoms with Crippen molar-refractivity contribution in [1.29, 1.82) is 0 Å². The molecule has 3 rings (SSSR count). The van der Waals surface area contributed by atoms with Gasteiger partial charge in [0.2, 0.25) is 0 Å². The molecule has 1 aliphatic carbocycles. The lowest BCUT2D eigenvalue weighted by Crippen LogP contribution is -2.11. The van der Waals surface area contributed by atoms with Crippen molar-refractivity contribution < 1.29 is 14.3 Å². The molecular weight excluding hydrogens is 266 g/mol. The number of nitrogens with one attached hydrogen (secondary N) is 1.